The van der Waals surface area contributed by atoms with E-state index < -0.39 is 24.2 Å². The molecule has 4 rings (SSSR count). The minimum Gasteiger partial charge on any atom is -0.486 e. The first-order valence-electron chi connectivity index (χ1n) is 13.9. The van der Waals surface area contributed by atoms with E-state index in [4.69, 9.17) is 4.74 Å². The molecule has 3 aliphatic rings. The van der Waals surface area contributed by atoms with Crippen molar-refractivity contribution in [1.82, 2.24) is 10.2 Å². The average Bonchev–Trinajstić information content (AvgIpc) is 3.29. The van der Waals surface area contributed by atoms with Crippen LogP contribution in [0.15, 0.2) is 35.9 Å². The van der Waals surface area contributed by atoms with Crippen LogP contribution in [0, 0.1) is 0 Å². The Morgan fingerprint density at radius 3 is 2.58 bits per heavy atom. The Morgan fingerprint density at radius 2 is 1.83 bits per heavy atom. The van der Waals surface area contributed by atoms with Gasteiger partial charge in [-0.05, 0) is 31.4 Å². The topological polar surface area (TPSA) is 99.1 Å². The number of nitrogens with zero attached hydrogens (tertiary/aromatic N) is 1. The molecule has 7 heteroatoms. The van der Waals surface area contributed by atoms with Crippen LogP contribution in [0.2, 0.25) is 0 Å². The third kappa shape index (κ3) is 5.78. The lowest BCUT2D eigenvalue weighted by molar-refractivity contribution is -0.141. The van der Waals surface area contributed by atoms with Crippen LogP contribution in [0.3, 0.4) is 0 Å². The number of para-hydroxylation sites is 1. The number of carbonyl (C=O) groups excluding carboxylic acids is 2. The summed E-state index contributed by atoms with van der Waals surface area (Å²) in [5, 5.41) is 23.7. The van der Waals surface area contributed by atoms with Gasteiger partial charge in [-0.25, -0.2) is 0 Å². The quantitative estimate of drug-likeness (QED) is 0.403. The summed E-state index contributed by atoms with van der Waals surface area (Å²) in [7, 11) is 0. The summed E-state index contributed by atoms with van der Waals surface area (Å²) in [6.07, 6.45) is 11.1. The van der Waals surface area contributed by atoms with E-state index in [1.807, 2.05) is 35.2 Å². The number of benzene rings is 1. The number of aliphatic hydroxyl groups excluding tert-OH is 2. The molecule has 0 unspecified atom stereocenters. The van der Waals surface area contributed by atoms with Gasteiger partial charge in [0.2, 0.25) is 11.8 Å². The van der Waals surface area contributed by atoms with Gasteiger partial charge in [0.15, 0.2) is 0 Å². The van der Waals surface area contributed by atoms with E-state index in [1.54, 1.807) is 0 Å². The molecular weight excluding hydrogens is 456 g/mol. The number of amides is 2. The fraction of sp³-hybridized carbons (Fsp3) is 0.655. The summed E-state index contributed by atoms with van der Waals surface area (Å²) in [5.74, 6) is 0.0256. The molecule has 2 amide bonds. The minimum absolute atomic E-state index is 0.0554. The third-order valence-corrected chi connectivity index (χ3v) is 7.95. The number of carbonyl (C=O) groups is 2. The second kappa shape index (κ2) is 12.7. The van der Waals surface area contributed by atoms with E-state index in [-0.39, 0.29) is 31.0 Å². The van der Waals surface area contributed by atoms with E-state index in [2.05, 4.69) is 12.2 Å². The van der Waals surface area contributed by atoms with Gasteiger partial charge in [-0.2, -0.15) is 0 Å². The molecule has 1 aromatic rings. The third-order valence-electron chi connectivity index (χ3n) is 7.95. The zero-order chi connectivity index (χ0) is 25.5. The van der Waals surface area contributed by atoms with Gasteiger partial charge in [0.25, 0.3) is 0 Å². The highest BCUT2D eigenvalue weighted by Crippen LogP contribution is 2.47. The summed E-state index contributed by atoms with van der Waals surface area (Å²) in [4.78, 5) is 28.9. The van der Waals surface area contributed by atoms with Crippen LogP contribution in [0.5, 0.6) is 5.75 Å². The molecule has 1 heterocycles. The second-order valence-corrected chi connectivity index (χ2v) is 10.4. The Bertz CT molecular complexity index is 926. The standard InChI is InChI=1S/C29H42N2O5/c1-2-3-4-5-9-16-25(33)31(20-12-7-6-8-13-20)23-19-22(29(35)30-17-18-32)26-21-14-10-11-15-24(21)36-28(26)27(23)34/h10-11,14-15,19-20,23,26-28,32,34H,2-9,12-13,16-18H2,1H3,(H,30,35)/t23-,26+,27+,28+/m1/s1. The molecule has 1 saturated carbocycles. The molecule has 7 nitrogen and oxygen atoms in total. The summed E-state index contributed by atoms with van der Waals surface area (Å²) in [6, 6.07) is 7.01. The fourth-order valence-electron chi connectivity index (χ4n) is 6.14. The van der Waals surface area contributed by atoms with Crippen molar-refractivity contribution in [3.05, 3.63) is 41.5 Å². The van der Waals surface area contributed by atoms with E-state index in [9.17, 15) is 19.8 Å². The monoisotopic (exact) mass is 498 g/mol. The lowest BCUT2D eigenvalue weighted by atomic mass is 9.76. The average molecular weight is 499 g/mol. The number of hydrogen-bond acceptors (Lipinski definition) is 5. The van der Waals surface area contributed by atoms with E-state index in [0.29, 0.717) is 17.7 Å². The van der Waals surface area contributed by atoms with Crippen LogP contribution in [0.4, 0.5) is 0 Å². The summed E-state index contributed by atoms with van der Waals surface area (Å²) < 4.78 is 6.22. The van der Waals surface area contributed by atoms with Crippen molar-refractivity contribution in [2.75, 3.05) is 13.2 Å². The highest BCUT2D eigenvalue weighted by molar-refractivity contribution is 5.96. The molecule has 2 aliphatic carbocycles. The number of ether oxygens (including phenoxy) is 1. The number of unbranched alkanes of at least 4 members (excludes halogenated alkanes) is 4. The Balaban J connectivity index is 1.65. The van der Waals surface area contributed by atoms with Gasteiger partial charge in [-0.15, -0.1) is 0 Å². The van der Waals surface area contributed by atoms with Crippen molar-refractivity contribution in [1.29, 1.82) is 0 Å². The maximum atomic E-state index is 13.7. The molecule has 0 saturated heterocycles. The molecule has 0 spiro atoms. The Kier molecular flexibility index (Phi) is 9.43. The minimum atomic E-state index is -0.942. The fourth-order valence-corrected chi connectivity index (χ4v) is 6.14. The molecular formula is C29H42N2O5. The van der Waals surface area contributed by atoms with Crippen molar-refractivity contribution in [2.45, 2.75) is 108 Å². The molecule has 1 aliphatic heterocycles. The lowest BCUT2D eigenvalue weighted by Gasteiger charge is -2.45. The maximum Gasteiger partial charge on any atom is 0.247 e. The molecule has 36 heavy (non-hydrogen) atoms. The van der Waals surface area contributed by atoms with E-state index in [0.717, 1.165) is 63.4 Å². The van der Waals surface area contributed by atoms with Crippen molar-refractivity contribution >= 4 is 11.8 Å². The Hall–Kier alpha value is -2.38. The maximum absolute atomic E-state index is 13.7. The number of rotatable bonds is 11. The molecule has 0 aromatic heterocycles. The van der Waals surface area contributed by atoms with Gasteiger partial charge in [0, 0.05) is 30.1 Å². The van der Waals surface area contributed by atoms with Crippen molar-refractivity contribution in [3.63, 3.8) is 0 Å². The predicted molar refractivity (Wildman–Crippen MR) is 139 cm³/mol. The number of fused-ring (bicyclic) bond motifs is 3. The van der Waals surface area contributed by atoms with Crippen LogP contribution < -0.4 is 10.1 Å². The summed E-state index contributed by atoms with van der Waals surface area (Å²) >= 11 is 0. The molecule has 3 N–H and O–H groups in total. The number of aliphatic hydroxyl groups is 2. The molecule has 0 radical (unpaired) electrons. The highest BCUT2D eigenvalue weighted by atomic mass is 16.5. The summed E-state index contributed by atoms with van der Waals surface area (Å²) in [5.41, 5.74) is 1.38. The van der Waals surface area contributed by atoms with Crippen molar-refractivity contribution in [2.24, 2.45) is 0 Å². The highest BCUT2D eigenvalue weighted by Gasteiger charge is 2.51. The Morgan fingerprint density at radius 1 is 1.08 bits per heavy atom. The smallest absolute Gasteiger partial charge is 0.247 e. The van der Waals surface area contributed by atoms with Crippen molar-refractivity contribution in [3.8, 4) is 5.75 Å². The molecule has 1 aromatic carbocycles. The van der Waals surface area contributed by atoms with Gasteiger partial charge in [-0.3, -0.25) is 9.59 Å². The van der Waals surface area contributed by atoms with Gasteiger partial charge in [-0.1, -0.05) is 70.1 Å². The van der Waals surface area contributed by atoms with Crippen LogP contribution in [0.25, 0.3) is 0 Å². The number of hydrogen-bond donors (Lipinski definition) is 3. The molecule has 198 valence electrons. The first-order chi connectivity index (χ1) is 17.6. The zero-order valence-electron chi connectivity index (χ0n) is 21.5. The van der Waals surface area contributed by atoms with Crippen LogP contribution in [-0.4, -0.2) is 64.4 Å². The first kappa shape index (κ1) is 26.7. The van der Waals surface area contributed by atoms with Gasteiger partial charge in [0.05, 0.1) is 18.6 Å². The van der Waals surface area contributed by atoms with Crippen LogP contribution in [0.1, 0.15) is 89.0 Å². The lowest BCUT2D eigenvalue weighted by Crippen LogP contribution is -2.58. The van der Waals surface area contributed by atoms with Crippen LogP contribution >= 0.6 is 0 Å². The molecule has 1 fully saturated rings. The predicted octanol–water partition coefficient (Wildman–Crippen LogP) is 3.83. The SMILES string of the molecule is CCCCCCCC(=O)N(C1CCCCC1)[C@@H]1C=C(C(=O)NCCO)[C@@H]2c3ccccc3O[C@@H]2[C@H]1O. The molecule has 4 atom stereocenters. The largest absolute Gasteiger partial charge is 0.486 e. The van der Waals surface area contributed by atoms with Gasteiger partial charge >= 0.3 is 0 Å². The van der Waals surface area contributed by atoms with Gasteiger partial charge in [0.1, 0.15) is 18.0 Å². The van der Waals surface area contributed by atoms with Crippen LogP contribution in [-0.2, 0) is 9.59 Å². The second-order valence-electron chi connectivity index (χ2n) is 10.4. The zero-order valence-corrected chi connectivity index (χ0v) is 21.5. The van der Waals surface area contributed by atoms with E-state index in [1.165, 1.54) is 6.42 Å². The summed E-state index contributed by atoms with van der Waals surface area (Å²) in [6.45, 7) is 2.17. The molecule has 0 bridgehead atoms. The van der Waals surface area contributed by atoms with E-state index >= 15 is 0 Å². The Labute approximate surface area is 214 Å². The first-order valence-corrected chi connectivity index (χ1v) is 13.9. The number of nitrogens with one attached hydrogen (secondary N) is 1. The normalized spacial score (nSPS) is 25.4. The van der Waals surface area contributed by atoms with Crippen molar-refractivity contribution < 1.29 is 24.5 Å². The van der Waals surface area contributed by atoms with Gasteiger partial charge < -0.3 is 25.2 Å².